The molecule has 0 unspecified atom stereocenters. The van der Waals surface area contributed by atoms with Gasteiger partial charge in [-0.3, -0.25) is 4.98 Å². The van der Waals surface area contributed by atoms with Gasteiger partial charge in [-0.2, -0.15) is 14.6 Å². The molecule has 2 N–H and O–H groups in total. The van der Waals surface area contributed by atoms with Gasteiger partial charge < -0.3 is 10.3 Å². The van der Waals surface area contributed by atoms with Crippen molar-refractivity contribution in [2.24, 2.45) is 0 Å². The molecule has 1 atom stereocenters. The fourth-order valence-corrected chi connectivity index (χ4v) is 5.03. The first-order chi connectivity index (χ1) is 17.4. The third kappa shape index (κ3) is 4.02. The van der Waals surface area contributed by atoms with Gasteiger partial charge >= 0.3 is 0 Å². The van der Waals surface area contributed by atoms with Crippen LogP contribution in [0.25, 0.3) is 28.3 Å². The second-order valence-corrected chi connectivity index (χ2v) is 10.2. The number of H-pyrrole nitrogens is 1. The van der Waals surface area contributed by atoms with Crippen molar-refractivity contribution in [2.75, 3.05) is 5.32 Å². The molecule has 1 aromatic carbocycles. The molecule has 4 aromatic heterocycles. The number of fused-ring (bicyclic) bond motifs is 2. The number of pyridine rings is 1. The maximum Gasteiger partial charge on any atom is 0.228 e. The van der Waals surface area contributed by atoms with Crippen molar-refractivity contribution in [3.05, 3.63) is 83.7 Å². The highest BCUT2D eigenvalue weighted by atomic mass is 19.1. The molecule has 0 saturated carbocycles. The topological polar surface area (TPSA) is 83.8 Å². The summed E-state index contributed by atoms with van der Waals surface area (Å²) in [6.45, 7) is 6.43. The van der Waals surface area contributed by atoms with Crippen LogP contribution < -0.4 is 5.32 Å². The third-order valence-electron chi connectivity index (χ3n) is 6.98. The fourth-order valence-electron chi connectivity index (χ4n) is 5.03. The Kier molecular flexibility index (Phi) is 5.32. The number of benzene rings is 1. The van der Waals surface area contributed by atoms with Crippen molar-refractivity contribution in [1.82, 2.24) is 29.5 Å². The lowest BCUT2D eigenvalue weighted by molar-refractivity contribution is 0.438. The van der Waals surface area contributed by atoms with Crippen LogP contribution in [0.3, 0.4) is 0 Å². The second-order valence-electron chi connectivity index (χ2n) is 10.2. The van der Waals surface area contributed by atoms with Gasteiger partial charge in [-0.15, -0.1) is 0 Å². The molecular weight excluding hydrogens is 453 g/mol. The van der Waals surface area contributed by atoms with Crippen molar-refractivity contribution >= 4 is 11.6 Å². The van der Waals surface area contributed by atoms with E-state index in [-0.39, 0.29) is 11.5 Å². The summed E-state index contributed by atoms with van der Waals surface area (Å²) in [6.07, 6.45) is 7.30. The minimum atomic E-state index is -0.420. The van der Waals surface area contributed by atoms with Gasteiger partial charge in [-0.25, -0.2) is 9.37 Å². The highest BCUT2D eigenvalue weighted by molar-refractivity contribution is 5.64. The van der Waals surface area contributed by atoms with Crippen LogP contribution in [0.5, 0.6) is 0 Å². The zero-order chi connectivity index (χ0) is 24.9. The largest absolute Gasteiger partial charge is 0.358 e. The van der Waals surface area contributed by atoms with E-state index in [9.17, 15) is 4.39 Å². The number of aromatic nitrogens is 6. The van der Waals surface area contributed by atoms with Crippen molar-refractivity contribution in [3.8, 4) is 22.6 Å². The van der Waals surface area contributed by atoms with E-state index in [0.29, 0.717) is 17.3 Å². The number of aryl methyl sites for hydroxylation is 1. The average molecular weight is 482 g/mol. The Labute approximate surface area is 208 Å². The molecule has 0 spiro atoms. The summed E-state index contributed by atoms with van der Waals surface area (Å²) in [4.78, 5) is 17.2. The Morgan fingerprint density at radius 2 is 1.89 bits per heavy atom. The first-order valence-electron chi connectivity index (χ1n) is 12.3. The number of nitrogens with zero attached hydrogens (tertiary/aromatic N) is 5. The summed E-state index contributed by atoms with van der Waals surface area (Å²) in [6, 6.07) is 14.1. The highest BCUT2D eigenvalue weighted by Crippen LogP contribution is 2.34. The van der Waals surface area contributed by atoms with Gasteiger partial charge in [0, 0.05) is 34.3 Å². The molecule has 0 amide bonds. The first kappa shape index (κ1) is 22.4. The van der Waals surface area contributed by atoms with E-state index < -0.39 is 5.82 Å². The number of rotatable bonds is 5. The Bertz CT molecular complexity index is 1550. The molecule has 182 valence electrons. The Hall–Kier alpha value is -4.07. The maximum atomic E-state index is 14.0. The summed E-state index contributed by atoms with van der Waals surface area (Å²) < 4.78 is 15.7. The Balaban J connectivity index is 1.38. The zero-order valence-corrected chi connectivity index (χ0v) is 20.6. The van der Waals surface area contributed by atoms with E-state index in [0.717, 1.165) is 36.2 Å². The molecule has 0 radical (unpaired) electrons. The zero-order valence-electron chi connectivity index (χ0n) is 20.6. The molecule has 0 bridgehead atoms. The second kappa shape index (κ2) is 8.55. The van der Waals surface area contributed by atoms with E-state index >= 15 is 0 Å². The number of aromatic amines is 1. The van der Waals surface area contributed by atoms with Crippen LogP contribution in [0.15, 0.2) is 61.1 Å². The van der Waals surface area contributed by atoms with E-state index in [4.69, 9.17) is 9.97 Å². The number of nitrogens with one attached hydrogen (secondary N) is 2. The fraction of sp³-hybridized carbons (Fsp3) is 0.286. The van der Waals surface area contributed by atoms with Crippen LogP contribution in [-0.2, 0) is 12.8 Å². The van der Waals surface area contributed by atoms with Gasteiger partial charge in [-0.05, 0) is 55.4 Å². The van der Waals surface area contributed by atoms with Crippen LogP contribution in [0, 0.1) is 5.82 Å². The molecule has 6 rings (SSSR count). The number of hydrogen-bond acceptors (Lipinski definition) is 5. The van der Waals surface area contributed by atoms with Crippen LogP contribution >= 0.6 is 0 Å². The summed E-state index contributed by atoms with van der Waals surface area (Å²) in [7, 11) is 0. The SMILES string of the molecule is CC(C)c1cnn2c(N[C@@]3(C)CCc4[nH]c(-c5ccccc5)cc4C3)nc(-c3cncc(F)c3)nc12. The first-order valence-corrected chi connectivity index (χ1v) is 12.3. The lowest BCUT2D eigenvalue weighted by atomic mass is 9.82. The molecule has 8 heteroatoms. The minimum Gasteiger partial charge on any atom is -0.358 e. The van der Waals surface area contributed by atoms with Crippen molar-refractivity contribution in [1.29, 1.82) is 0 Å². The van der Waals surface area contributed by atoms with Crippen molar-refractivity contribution < 1.29 is 4.39 Å². The van der Waals surface area contributed by atoms with Gasteiger partial charge in [-0.1, -0.05) is 44.2 Å². The normalized spacial score (nSPS) is 17.5. The van der Waals surface area contributed by atoms with Crippen LogP contribution in [0.4, 0.5) is 10.3 Å². The van der Waals surface area contributed by atoms with E-state index in [1.54, 1.807) is 10.7 Å². The van der Waals surface area contributed by atoms with Gasteiger partial charge in [0.1, 0.15) is 5.82 Å². The molecule has 4 heterocycles. The Morgan fingerprint density at radius 1 is 1.06 bits per heavy atom. The molecule has 36 heavy (non-hydrogen) atoms. The third-order valence-corrected chi connectivity index (χ3v) is 6.98. The molecule has 0 aliphatic heterocycles. The predicted octanol–water partition coefficient (Wildman–Crippen LogP) is 5.80. The molecule has 5 aromatic rings. The molecule has 7 nitrogen and oxygen atoms in total. The maximum absolute atomic E-state index is 14.0. The van der Waals surface area contributed by atoms with Crippen LogP contribution in [0.2, 0.25) is 0 Å². The van der Waals surface area contributed by atoms with Crippen molar-refractivity contribution in [2.45, 2.75) is 51.5 Å². The summed E-state index contributed by atoms with van der Waals surface area (Å²) >= 11 is 0. The van der Waals surface area contributed by atoms with E-state index in [2.05, 4.69) is 71.5 Å². The number of hydrogen-bond donors (Lipinski definition) is 2. The molecule has 1 aliphatic carbocycles. The monoisotopic (exact) mass is 481 g/mol. The minimum absolute atomic E-state index is 0.229. The Morgan fingerprint density at radius 3 is 2.67 bits per heavy atom. The van der Waals surface area contributed by atoms with Crippen LogP contribution in [0.1, 0.15) is 49.9 Å². The molecular formula is C28H28FN7. The average Bonchev–Trinajstić information content (AvgIpc) is 3.48. The highest BCUT2D eigenvalue weighted by Gasteiger charge is 2.33. The lowest BCUT2D eigenvalue weighted by Crippen LogP contribution is -2.41. The van der Waals surface area contributed by atoms with Crippen LogP contribution in [-0.4, -0.2) is 35.1 Å². The van der Waals surface area contributed by atoms with Gasteiger partial charge in [0.05, 0.1) is 12.4 Å². The standard InChI is InChI=1S/C28H28FN7/c1-17(2)22-16-31-36-26(22)33-25(20-11-21(29)15-30-14-20)34-27(36)35-28(3)10-9-23-19(13-28)12-24(32-23)18-7-5-4-6-8-18/h4-8,11-12,14-17,32H,9-10,13H2,1-3H3,(H,33,34,35)/t28-/m0/s1. The molecule has 0 saturated heterocycles. The lowest BCUT2D eigenvalue weighted by Gasteiger charge is -2.35. The predicted molar refractivity (Wildman–Crippen MR) is 138 cm³/mol. The van der Waals surface area contributed by atoms with E-state index in [1.165, 1.54) is 29.1 Å². The molecule has 1 aliphatic rings. The smallest absolute Gasteiger partial charge is 0.228 e. The van der Waals surface area contributed by atoms with Gasteiger partial charge in [0.2, 0.25) is 5.95 Å². The summed E-state index contributed by atoms with van der Waals surface area (Å²) in [5, 5.41) is 8.30. The van der Waals surface area contributed by atoms with Gasteiger partial charge in [0.15, 0.2) is 11.5 Å². The van der Waals surface area contributed by atoms with E-state index in [1.807, 2.05) is 12.3 Å². The number of halogens is 1. The quantitative estimate of drug-likeness (QED) is 0.331. The summed E-state index contributed by atoms with van der Waals surface area (Å²) in [5.74, 6) is 0.827. The number of anilines is 1. The summed E-state index contributed by atoms with van der Waals surface area (Å²) in [5.41, 5.74) is 6.94. The molecule has 0 fully saturated rings. The van der Waals surface area contributed by atoms with Gasteiger partial charge in [0.25, 0.3) is 0 Å². The van der Waals surface area contributed by atoms with Crippen molar-refractivity contribution in [3.63, 3.8) is 0 Å².